The van der Waals surface area contributed by atoms with Crippen LogP contribution in [0.4, 0.5) is 0 Å². The topological polar surface area (TPSA) is 111 Å². The van der Waals surface area contributed by atoms with Crippen LogP contribution in [-0.4, -0.2) is 70.0 Å². The van der Waals surface area contributed by atoms with Crippen LogP contribution in [-0.2, 0) is 32.7 Å². The maximum absolute atomic E-state index is 12.8. The van der Waals surface area contributed by atoms with Crippen LogP contribution in [0.3, 0.4) is 0 Å². The SMILES string of the molecule is CCCCCCC/C=C\C/C=C\C/C=C\CCCCCCCCCCCCCCCCCCCCC(=O)OC(COC(=O)CCCCCCCCCCCCCCCC)COP(=O)([O-])OCC[N+](C)(C)C. The number of carbonyl (C=O) groups is 2. The first-order valence-electron chi connectivity index (χ1n) is 30.2. The van der Waals surface area contributed by atoms with Crippen molar-refractivity contribution >= 4 is 19.8 Å². The van der Waals surface area contributed by atoms with Gasteiger partial charge in [-0.25, -0.2) is 0 Å². The van der Waals surface area contributed by atoms with E-state index < -0.39 is 26.5 Å². The lowest BCUT2D eigenvalue weighted by Crippen LogP contribution is -2.37. The maximum Gasteiger partial charge on any atom is 0.306 e. The number of hydrogen-bond acceptors (Lipinski definition) is 8. The first-order chi connectivity index (χ1) is 34.5. The first kappa shape index (κ1) is 69.2. The first-order valence-corrected chi connectivity index (χ1v) is 31.7. The summed E-state index contributed by atoms with van der Waals surface area (Å²) in [7, 11) is 1.18. The Labute approximate surface area is 440 Å². The van der Waals surface area contributed by atoms with E-state index in [9.17, 15) is 19.0 Å². The lowest BCUT2D eigenvalue weighted by Gasteiger charge is -2.28. The standard InChI is InChI=1S/C61H116NO8P/c1-6-8-10-12-14-16-18-20-22-23-24-25-26-27-28-29-30-31-32-33-34-35-36-37-38-39-40-42-44-46-48-50-52-54-61(64)70-59(58-69-71(65,66)68-56-55-62(3,4)5)57-67-60(63)53-51-49-47-45-43-41-21-19-17-15-13-11-9-7-2/h18,20,23-24,26-27,59H,6-17,19,21-22,25,28-58H2,1-5H3/b20-18-,24-23-,27-26-. The molecule has 0 aromatic rings. The summed E-state index contributed by atoms with van der Waals surface area (Å²) in [4.78, 5) is 37.8. The lowest BCUT2D eigenvalue weighted by molar-refractivity contribution is -0.870. The highest BCUT2D eigenvalue weighted by Crippen LogP contribution is 2.38. The van der Waals surface area contributed by atoms with Crippen molar-refractivity contribution in [1.82, 2.24) is 0 Å². The van der Waals surface area contributed by atoms with E-state index in [-0.39, 0.29) is 32.0 Å². The summed E-state index contributed by atoms with van der Waals surface area (Å²) < 4.78 is 34.1. The minimum absolute atomic E-state index is 0.0281. The summed E-state index contributed by atoms with van der Waals surface area (Å²) in [5, 5.41) is 0. The molecule has 2 atom stereocenters. The van der Waals surface area contributed by atoms with Crippen molar-refractivity contribution in [2.24, 2.45) is 0 Å². The Hall–Kier alpha value is -1.77. The molecule has 71 heavy (non-hydrogen) atoms. The Morgan fingerprint density at radius 2 is 0.761 bits per heavy atom. The van der Waals surface area contributed by atoms with Gasteiger partial charge in [-0.1, -0.05) is 262 Å². The van der Waals surface area contributed by atoms with Crippen molar-refractivity contribution in [2.45, 2.75) is 296 Å². The summed E-state index contributed by atoms with van der Waals surface area (Å²) in [6.07, 6.45) is 64.9. The highest BCUT2D eigenvalue weighted by Gasteiger charge is 2.22. The number of likely N-dealkylation sites (N-methyl/N-ethyl adjacent to an activating group) is 1. The van der Waals surface area contributed by atoms with E-state index in [1.165, 1.54) is 212 Å². The number of esters is 2. The van der Waals surface area contributed by atoms with Crippen LogP contribution in [0.15, 0.2) is 36.5 Å². The molecule has 0 bridgehead atoms. The van der Waals surface area contributed by atoms with E-state index in [1.807, 2.05) is 21.1 Å². The zero-order valence-electron chi connectivity index (χ0n) is 47.4. The highest BCUT2D eigenvalue weighted by molar-refractivity contribution is 7.45. The average molecular weight is 1020 g/mol. The second-order valence-electron chi connectivity index (χ2n) is 21.7. The van der Waals surface area contributed by atoms with Gasteiger partial charge < -0.3 is 27.9 Å². The zero-order valence-corrected chi connectivity index (χ0v) is 48.3. The number of ether oxygens (including phenoxy) is 2. The fraction of sp³-hybridized carbons (Fsp3) is 0.869. The van der Waals surface area contributed by atoms with Gasteiger partial charge in [-0.3, -0.25) is 14.2 Å². The van der Waals surface area contributed by atoms with E-state index in [2.05, 4.69) is 50.3 Å². The van der Waals surface area contributed by atoms with E-state index in [0.717, 1.165) is 44.9 Å². The van der Waals surface area contributed by atoms with Gasteiger partial charge in [0.1, 0.15) is 19.8 Å². The summed E-state index contributed by atoms with van der Waals surface area (Å²) in [5.41, 5.74) is 0. The quantitative estimate of drug-likeness (QED) is 0.0195. The normalized spacial score (nSPS) is 13.5. The molecule has 0 aliphatic carbocycles. The molecule has 0 radical (unpaired) electrons. The van der Waals surface area contributed by atoms with Gasteiger partial charge in [0.05, 0.1) is 27.7 Å². The molecular formula is C61H116NO8P. The summed E-state index contributed by atoms with van der Waals surface area (Å²) in [6.45, 7) is 4.27. The Bertz CT molecular complexity index is 1300. The van der Waals surface area contributed by atoms with Crippen molar-refractivity contribution in [3.8, 4) is 0 Å². The Morgan fingerprint density at radius 1 is 0.437 bits per heavy atom. The molecule has 0 aliphatic heterocycles. The fourth-order valence-corrected chi connectivity index (χ4v) is 9.45. The number of allylic oxidation sites excluding steroid dienone is 6. The van der Waals surface area contributed by atoms with Gasteiger partial charge in [0.2, 0.25) is 0 Å². The molecule has 0 amide bonds. The van der Waals surface area contributed by atoms with Gasteiger partial charge in [-0.2, -0.15) is 0 Å². The molecule has 0 fully saturated rings. The molecule has 0 rings (SSSR count). The van der Waals surface area contributed by atoms with Gasteiger partial charge >= 0.3 is 11.9 Å². The molecule has 0 saturated heterocycles. The monoisotopic (exact) mass is 1020 g/mol. The third kappa shape index (κ3) is 57.4. The summed E-state index contributed by atoms with van der Waals surface area (Å²) >= 11 is 0. The molecule has 0 saturated carbocycles. The zero-order chi connectivity index (χ0) is 52.0. The molecule has 418 valence electrons. The molecule has 0 heterocycles. The third-order valence-electron chi connectivity index (χ3n) is 13.4. The van der Waals surface area contributed by atoms with E-state index in [0.29, 0.717) is 17.4 Å². The van der Waals surface area contributed by atoms with Crippen LogP contribution in [0.2, 0.25) is 0 Å². The molecule has 0 aromatic heterocycles. The van der Waals surface area contributed by atoms with Crippen molar-refractivity contribution in [3.05, 3.63) is 36.5 Å². The summed E-state index contributed by atoms with van der Waals surface area (Å²) in [5.74, 6) is -0.818. The van der Waals surface area contributed by atoms with Gasteiger partial charge in [-0.15, -0.1) is 0 Å². The van der Waals surface area contributed by atoms with Crippen LogP contribution in [0, 0.1) is 0 Å². The number of carbonyl (C=O) groups excluding carboxylic acids is 2. The van der Waals surface area contributed by atoms with E-state index >= 15 is 0 Å². The van der Waals surface area contributed by atoms with Crippen LogP contribution in [0.1, 0.15) is 290 Å². The number of rotatable bonds is 56. The molecule has 0 aromatic carbocycles. The molecule has 9 nitrogen and oxygen atoms in total. The smallest absolute Gasteiger partial charge is 0.306 e. The second kappa shape index (κ2) is 53.1. The van der Waals surface area contributed by atoms with Gasteiger partial charge in [-0.05, 0) is 51.4 Å². The second-order valence-corrected chi connectivity index (χ2v) is 23.1. The molecular weight excluding hydrogens is 906 g/mol. The van der Waals surface area contributed by atoms with Crippen molar-refractivity contribution in [3.63, 3.8) is 0 Å². The van der Waals surface area contributed by atoms with Gasteiger partial charge in [0.25, 0.3) is 7.82 Å². The Kier molecular flexibility index (Phi) is 51.7. The summed E-state index contributed by atoms with van der Waals surface area (Å²) in [6, 6.07) is 0. The highest BCUT2D eigenvalue weighted by atomic mass is 31.2. The largest absolute Gasteiger partial charge is 0.756 e. The third-order valence-corrected chi connectivity index (χ3v) is 14.4. The molecule has 0 N–H and O–H groups in total. The van der Waals surface area contributed by atoms with Crippen LogP contribution < -0.4 is 4.89 Å². The fourth-order valence-electron chi connectivity index (χ4n) is 8.72. The van der Waals surface area contributed by atoms with Crippen LogP contribution in [0.25, 0.3) is 0 Å². The van der Waals surface area contributed by atoms with Gasteiger partial charge in [0, 0.05) is 12.8 Å². The predicted molar refractivity (Wildman–Crippen MR) is 301 cm³/mol. The van der Waals surface area contributed by atoms with Crippen molar-refractivity contribution in [2.75, 3.05) is 47.5 Å². The number of phosphoric ester groups is 1. The Morgan fingerprint density at radius 3 is 1.13 bits per heavy atom. The van der Waals surface area contributed by atoms with Crippen molar-refractivity contribution in [1.29, 1.82) is 0 Å². The van der Waals surface area contributed by atoms with E-state index in [4.69, 9.17) is 18.5 Å². The van der Waals surface area contributed by atoms with Crippen LogP contribution >= 0.6 is 7.82 Å². The maximum atomic E-state index is 12.8. The molecule has 0 aliphatic rings. The molecule has 0 spiro atoms. The number of phosphoric acid groups is 1. The average Bonchev–Trinajstić information content (AvgIpc) is 3.33. The van der Waals surface area contributed by atoms with Crippen molar-refractivity contribution < 1.29 is 42.1 Å². The van der Waals surface area contributed by atoms with Crippen LogP contribution in [0.5, 0.6) is 0 Å². The number of hydrogen-bond donors (Lipinski definition) is 0. The number of unbranched alkanes of at least 4 members (excludes halogenated alkanes) is 36. The Balaban J connectivity index is 4.00. The molecule has 2 unspecified atom stereocenters. The predicted octanol–water partition coefficient (Wildman–Crippen LogP) is 18.1. The van der Waals surface area contributed by atoms with Gasteiger partial charge in [0.15, 0.2) is 6.10 Å². The minimum atomic E-state index is -4.63. The molecule has 10 heteroatoms. The number of quaternary nitrogens is 1. The number of nitrogens with zero attached hydrogens (tertiary/aromatic N) is 1. The minimum Gasteiger partial charge on any atom is -0.756 e. The van der Waals surface area contributed by atoms with E-state index in [1.54, 1.807) is 0 Å². The lowest BCUT2D eigenvalue weighted by atomic mass is 10.0.